The Kier molecular flexibility index (Phi) is 25.4. The molecule has 0 aromatic rings. The van der Waals surface area contributed by atoms with Crippen LogP contribution in [0.4, 0.5) is 0 Å². The van der Waals surface area contributed by atoms with Crippen LogP contribution in [0.25, 0.3) is 0 Å². The van der Waals surface area contributed by atoms with Crippen molar-refractivity contribution in [1.82, 2.24) is 0 Å². The van der Waals surface area contributed by atoms with E-state index < -0.39 is 206 Å². The van der Waals surface area contributed by atoms with Crippen LogP contribution in [0, 0.1) is 0 Å². The highest BCUT2D eigenvalue weighted by atomic mass is 79.9. The van der Waals surface area contributed by atoms with Gasteiger partial charge in [0.25, 0.3) is 0 Å². The minimum absolute atomic E-state index is 0.715. The second kappa shape index (κ2) is 30.1. The number of carbonyl (C=O) groups excluding carboxylic acids is 13. The van der Waals surface area contributed by atoms with E-state index in [2.05, 4.69) is 15.9 Å². The normalized spacial score (nSPS) is 29.4. The molecule has 0 aliphatic carbocycles. The number of esters is 13. The number of rotatable bonds is 23. The number of ether oxygens (including phenoxy) is 18. The van der Waals surface area contributed by atoms with Crippen molar-refractivity contribution in [2.45, 2.75) is 192 Å². The lowest BCUT2D eigenvalue weighted by Gasteiger charge is -2.51. The van der Waals surface area contributed by atoms with Crippen molar-refractivity contribution in [3.63, 3.8) is 0 Å². The molecule has 3 rings (SSSR count). The molecule has 32 heteroatoms. The highest BCUT2D eigenvalue weighted by Crippen LogP contribution is 2.43. The van der Waals surface area contributed by atoms with E-state index in [0.29, 0.717) is 0 Å². The summed E-state index contributed by atoms with van der Waals surface area (Å²) in [7, 11) is 0.968. The van der Waals surface area contributed by atoms with E-state index >= 15 is 0 Å². The van der Waals surface area contributed by atoms with Crippen LogP contribution in [-0.4, -0.2) is 207 Å². The molecule has 0 spiro atoms. The first-order valence-electron chi connectivity index (χ1n) is 23.8. The maximum Gasteiger partial charge on any atom is 0.349 e. The molecule has 3 aliphatic rings. The van der Waals surface area contributed by atoms with Gasteiger partial charge in [0.05, 0.1) is 7.11 Å². The van der Waals surface area contributed by atoms with Gasteiger partial charge in [-0.2, -0.15) is 0 Å². The zero-order chi connectivity index (χ0) is 59.8. The molecular formula is C47H63BrO31. The molecule has 0 bridgehead atoms. The highest BCUT2D eigenvalue weighted by molar-refractivity contribution is 9.10. The maximum atomic E-state index is 13.4. The number of methoxy groups -OCH3 is 1. The largest absolute Gasteiger partial charge is 0.466 e. The van der Waals surface area contributed by atoms with Crippen LogP contribution in [0.5, 0.6) is 0 Å². The van der Waals surface area contributed by atoms with Crippen molar-refractivity contribution in [2.75, 3.05) is 26.9 Å². The zero-order valence-electron chi connectivity index (χ0n) is 45.1. The van der Waals surface area contributed by atoms with Crippen LogP contribution >= 0.6 is 15.9 Å². The summed E-state index contributed by atoms with van der Waals surface area (Å²) < 4.78 is 101. The standard InChI is InChI=1S/C47H63BrO31/c1-18(49)63-15-31(67-22(5)53)35-38(70-25(8)56)40(72-27(10)58)42(73-28(11)59)45(77-35)78-41-39(71-26(9)57)36(32(68-23(6)54)16-64-19(2)50)76-44(43(41)74-29(12)60)75-34-30(66-21(4)52)14-47(48,46(61)62-13)79-37(34)33(69-24(7)55)17-65-20(3)51/h30-45H,14-17H2,1-13H3/t30-,31+,32+,33-,34-,35-,36-,37-,38-,39-,40+,41+,42+,43+,44+,45-,47-/m1/s1. The van der Waals surface area contributed by atoms with E-state index in [1.54, 1.807) is 0 Å². The molecule has 3 aliphatic heterocycles. The molecule has 3 heterocycles. The third-order valence-corrected chi connectivity index (χ3v) is 11.7. The topological polar surface area (TPSA) is 388 Å². The monoisotopic (exact) mass is 1200 g/mol. The fourth-order valence-electron chi connectivity index (χ4n) is 8.37. The summed E-state index contributed by atoms with van der Waals surface area (Å²) in [6, 6.07) is 0. The first kappa shape index (κ1) is 66.7. The lowest BCUT2D eigenvalue weighted by molar-refractivity contribution is -0.380. The summed E-state index contributed by atoms with van der Waals surface area (Å²) in [5.74, 6) is -13.9. The lowest BCUT2D eigenvalue weighted by Crippen LogP contribution is -2.70. The van der Waals surface area contributed by atoms with Gasteiger partial charge >= 0.3 is 77.6 Å². The maximum absolute atomic E-state index is 13.4. The third-order valence-electron chi connectivity index (χ3n) is 10.8. The van der Waals surface area contributed by atoms with Crippen LogP contribution in [-0.2, 0) is 148 Å². The summed E-state index contributed by atoms with van der Waals surface area (Å²) >= 11 is 3.17. The molecule has 31 nitrogen and oxygen atoms in total. The van der Waals surface area contributed by atoms with E-state index in [4.69, 9.17) is 85.3 Å². The number of hydrogen-bond donors (Lipinski definition) is 0. The second-order valence-electron chi connectivity index (χ2n) is 17.5. The molecule has 0 N–H and O–H groups in total. The van der Waals surface area contributed by atoms with Gasteiger partial charge in [-0.1, -0.05) is 0 Å². The van der Waals surface area contributed by atoms with Crippen molar-refractivity contribution >= 4 is 93.5 Å². The van der Waals surface area contributed by atoms with Gasteiger partial charge in [0, 0.05) is 89.5 Å². The number of hydrogen-bond acceptors (Lipinski definition) is 31. The van der Waals surface area contributed by atoms with Crippen molar-refractivity contribution in [3.05, 3.63) is 0 Å². The van der Waals surface area contributed by atoms with Crippen LogP contribution in [0.2, 0.25) is 0 Å². The molecule has 17 atom stereocenters. The average Bonchev–Trinajstić information content (AvgIpc) is 3.35. The molecule has 0 aromatic heterocycles. The smallest absolute Gasteiger partial charge is 0.349 e. The molecule has 0 aromatic carbocycles. The van der Waals surface area contributed by atoms with Gasteiger partial charge in [-0.05, 0) is 15.9 Å². The first-order chi connectivity index (χ1) is 36.8. The van der Waals surface area contributed by atoms with Gasteiger partial charge in [-0.3, -0.25) is 57.5 Å². The molecule has 0 saturated carbocycles. The van der Waals surface area contributed by atoms with E-state index in [1.165, 1.54) is 0 Å². The highest BCUT2D eigenvalue weighted by Gasteiger charge is 2.63. The summed E-state index contributed by atoms with van der Waals surface area (Å²) in [6.07, 6.45) is -33.4. The molecule has 0 amide bonds. The lowest BCUT2D eigenvalue weighted by atomic mass is 9.91. The Morgan fingerprint density at radius 3 is 1.06 bits per heavy atom. The van der Waals surface area contributed by atoms with Crippen LogP contribution in [0.1, 0.15) is 89.5 Å². The molecule has 3 saturated heterocycles. The average molecular weight is 1200 g/mol. The van der Waals surface area contributed by atoms with Gasteiger partial charge in [0.15, 0.2) is 61.4 Å². The summed E-state index contributed by atoms with van der Waals surface area (Å²) in [4.78, 5) is 167. The molecule has 0 unspecified atom stereocenters. The van der Waals surface area contributed by atoms with Gasteiger partial charge in [0.1, 0.15) is 56.4 Å². The second-order valence-corrected chi connectivity index (χ2v) is 18.8. The molecular weight excluding hydrogens is 1140 g/mol. The Bertz CT molecular complexity index is 2270. The van der Waals surface area contributed by atoms with Gasteiger partial charge in [-0.25, -0.2) is 4.79 Å². The van der Waals surface area contributed by atoms with Crippen molar-refractivity contribution in [2.24, 2.45) is 0 Å². The Balaban J connectivity index is 2.59. The Labute approximate surface area is 459 Å². The predicted molar refractivity (Wildman–Crippen MR) is 250 cm³/mol. The Hall–Kier alpha value is -6.61. The molecule has 444 valence electrons. The van der Waals surface area contributed by atoms with Crippen molar-refractivity contribution in [1.29, 1.82) is 0 Å². The van der Waals surface area contributed by atoms with Crippen molar-refractivity contribution < 1.29 is 148 Å². The van der Waals surface area contributed by atoms with Crippen LogP contribution in [0.15, 0.2) is 0 Å². The number of carbonyl (C=O) groups is 13. The summed E-state index contributed by atoms with van der Waals surface area (Å²) in [5, 5.41) is 0. The minimum atomic E-state index is -2.33. The van der Waals surface area contributed by atoms with Crippen LogP contribution < -0.4 is 0 Å². The quantitative estimate of drug-likeness (QED) is 0.0696. The molecule has 79 heavy (non-hydrogen) atoms. The Morgan fingerprint density at radius 2 is 0.722 bits per heavy atom. The summed E-state index contributed by atoms with van der Waals surface area (Å²) in [6.45, 7) is 8.46. The third kappa shape index (κ3) is 20.2. The van der Waals surface area contributed by atoms with Gasteiger partial charge in [-0.15, -0.1) is 0 Å². The zero-order valence-corrected chi connectivity index (χ0v) is 46.7. The van der Waals surface area contributed by atoms with Gasteiger partial charge < -0.3 is 85.3 Å². The number of halogens is 1. The van der Waals surface area contributed by atoms with E-state index in [0.717, 1.165) is 90.2 Å². The first-order valence-corrected chi connectivity index (χ1v) is 24.6. The van der Waals surface area contributed by atoms with E-state index in [1.807, 2.05) is 0 Å². The fourth-order valence-corrected chi connectivity index (χ4v) is 9.06. The summed E-state index contributed by atoms with van der Waals surface area (Å²) in [5.41, 5.74) is 0. The SMILES string of the molecule is COC(=O)[C@@]1(Br)C[C@@H](OC(C)=O)[C@@H](O[C@H]2O[C@H]([C@H](COC(C)=O)OC(C)=O)[C@@H](OC(C)=O)[C@H](O[C@H]3O[C@H]([C@H](COC(C)=O)OC(C)=O)[C@@H](OC(C)=O)[C@H](OC(C)=O)[C@@H]3OC(C)=O)[C@@H]2OC(C)=O)[C@@H]([C@@H](COC(C)=O)OC(C)=O)O1. The predicted octanol–water partition coefficient (Wildman–Crippen LogP) is -0.666. The van der Waals surface area contributed by atoms with Gasteiger partial charge in [0.2, 0.25) is 4.51 Å². The van der Waals surface area contributed by atoms with E-state index in [-0.39, 0.29) is 0 Å². The number of alkyl halides is 1. The molecule has 0 radical (unpaired) electrons. The fraction of sp³-hybridized carbons (Fsp3) is 0.723. The van der Waals surface area contributed by atoms with Crippen LogP contribution in [0.3, 0.4) is 0 Å². The molecule has 3 fully saturated rings. The minimum Gasteiger partial charge on any atom is -0.466 e. The van der Waals surface area contributed by atoms with E-state index in [9.17, 15) is 62.3 Å². The van der Waals surface area contributed by atoms with Crippen molar-refractivity contribution in [3.8, 4) is 0 Å². The Morgan fingerprint density at radius 1 is 0.405 bits per heavy atom.